The maximum absolute atomic E-state index is 12.9. The molecule has 0 radical (unpaired) electrons. The van der Waals surface area contributed by atoms with Crippen LogP contribution in [0.1, 0.15) is 28.7 Å². The highest BCUT2D eigenvalue weighted by Crippen LogP contribution is 2.36. The lowest BCUT2D eigenvalue weighted by Gasteiger charge is -2.18. The molecule has 0 amide bonds. The van der Waals surface area contributed by atoms with Crippen LogP contribution in [0.25, 0.3) is 0 Å². The molecule has 2 aromatic rings. The summed E-state index contributed by atoms with van der Waals surface area (Å²) in [6.07, 6.45) is -2.26. The first-order chi connectivity index (χ1) is 8.93. The number of rotatable bonds is 3. The minimum absolute atomic E-state index is 0.0770. The van der Waals surface area contributed by atoms with Crippen molar-refractivity contribution in [1.82, 2.24) is 10.4 Å². The van der Waals surface area contributed by atoms with Gasteiger partial charge in [0, 0.05) is 18.0 Å². The van der Waals surface area contributed by atoms with Crippen molar-refractivity contribution in [3.05, 3.63) is 53.2 Å². The van der Waals surface area contributed by atoms with Gasteiger partial charge >= 0.3 is 6.18 Å². The fraction of sp³-hybridized carbons (Fsp3) is 0.250. The number of alkyl halides is 3. The predicted octanol–water partition coefficient (Wildman–Crippen LogP) is 2.55. The van der Waals surface area contributed by atoms with Crippen molar-refractivity contribution in [3.63, 3.8) is 0 Å². The Morgan fingerprint density at radius 2 is 2.05 bits per heavy atom. The molecular formula is C12H12F3N3O. The third-order valence-electron chi connectivity index (χ3n) is 2.68. The third kappa shape index (κ3) is 2.77. The smallest absolute Gasteiger partial charge is 0.416 e. The number of nitrogens with zero attached hydrogens (tertiary/aromatic N) is 1. The fourth-order valence-corrected chi connectivity index (χ4v) is 1.83. The Morgan fingerprint density at radius 3 is 2.58 bits per heavy atom. The highest BCUT2D eigenvalue weighted by molar-refractivity contribution is 5.34. The number of pyridine rings is 1. The van der Waals surface area contributed by atoms with Gasteiger partial charge in [-0.2, -0.15) is 13.2 Å². The maximum atomic E-state index is 12.9. The zero-order valence-electron chi connectivity index (χ0n) is 10.0. The molecule has 0 spiro atoms. The van der Waals surface area contributed by atoms with Crippen LogP contribution in [-0.2, 0) is 6.18 Å². The van der Waals surface area contributed by atoms with Crippen LogP contribution in [0, 0.1) is 6.92 Å². The molecule has 0 saturated carbocycles. The molecule has 0 aromatic carbocycles. The molecule has 7 heteroatoms. The van der Waals surface area contributed by atoms with Crippen LogP contribution in [0.15, 0.2) is 35.0 Å². The Kier molecular flexibility index (Phi) is 3.59. The summed E-state index contributed by atoms with van der Waals surface area (Å²) < 4.78 is 44.1. The van der Waals surface area contributed by atoms with Crippen LogP contribution in [0.2, 0.25) is 0 Å². The van der Waals surface area contributed by atoms with E-state index < -0.39 is 17.8 Å². The minimum atomic E-state index is -4.48. The Morgan fingerprint density at radius 1 is 1.32 bits per heavy atom. The lowest BCUT2D eigenvalue weighted by Crippen LogP contribution is -2.30. The first kappa shape index (κ1) is 13.6. The average Bonchev–Trinajstić information content (AvgIpc) is 2.76. The SMILES string of the molecule is Cc1ccc(C(NN)c2cnccc2C(F)(F)F)o1. The van der Waals surface area contributed by atoms with Crippen molar-refractivity contribution >= 4 is 0 Å². The highest BCUT2D eigenvalue weighted by Gasteiger charge is 2.36. The number of hydrogen-bond donors (Lipinski definition) is 2. The summed E-state index contributed by atoms with van der Waals surface area (Å²) >= 11 is 0. The predicted molar refractivity (Wildman–Crippen MR) is 61.9 cm³/mol. The molecule has 2 heterocycles. The second-order valence-electron chi connectivity index (χ2n) is 4.01. The average molecular weight is 271 g/mol. The maximum Gasteiger partial charge on any atom is 0.416 e. The quantitative estimate of drug-likeness (QED) is 0.665. The van der Waals surface area contributed by atoms with Crippen molar-refractivity contribution in [2.45, 2.75) is 19.1 Å². The zero-order valence-corrected chi connectivity index (χ0v) is 10.0. The van der Waals surface area contributed by atoms with Crippen molar-refractivity contribution in [2.24, 2.45) is 5.84 Å². The molecule has 102 valence electrons. The molecule has 0 aliphatic carbocycles. The van der Waals surface area contributed by atoms with E-state index in [4.69, 9.17) is 10.3 Å². The Labute approximate surface area is 107 Å². The van der Waals surface area contributed by atoms with Crippen molar-refractivity contribution in [3.8, 4) is 0 Å². The number of hydrazine groups is 1. The van der Waals surface area contributed by atoms with Crippen molar-refractivity contribution in [2.75, 3.05) is 0 Å². The van der Waals surface area contributed by atoms with Crippen LogP contribution in [0.3, 0.4) is 0 Å². The van der Waals surface area contributed by atoms with Gasteiger partial charge in [-0.25, -0.2) is 5.43 Å². The summed E-state index contributed by atoms with van der Waals surface area (Å²) in [6, 6.07) is 3.24. The molecule has 1 atom stereocenters. The molecule has 2 aromatic heterocycles. The molecule has 2 rings (SSSR count). The summed E-state index contributed by atoms with van der Waals surface area (Å²) in [6.45, 7) is 1.70. The minimum Gasteiger partial charge on any atom is -0.464 e. The fourth-order valence-electron chi connectivity index (χ4n) is 1.83. The topological polar surface area (TPSA) is 64.1 Å². The van der Waals surface area contributed by atoms with E-state index in [2.05, 4.69) is 10.4 Å². The van der Waals surface area contributed by atoms with E-state index in [-0.39, 0.29) is 5.56 Å². The van der Waals surface area contributed by atoms with Gasteiger partial charge in [0.1, 0.15) is 17.6 Å². The molecule has 0 saturated heterocycles. The molecule has 0 fully saturated rings. The van der Waals surface area contributed by atoms with Crippen LogP contribution < -0.4 is 11.3 Å². The van der Waals surface area contributed by atoms with Gasteiger partial charge < -0.3 is 4.42 Å². The third-order valence-corrected chi connectivity index (χ3v) is 2.68. The number of hydrogen-bond acceptors (Lipinski definition) is 4. The molecule has 4 nitrogen and oxygen atoms in total. The number of nitrogens with two attached hydrogens (primary N) is 1. The van der Waals surface area contributed by atoms with E-state index in [1.165, 1.54) is 0 Å². The van der Waals surface area contributed by atoms with Gasteiger partial charge in [-0.1, -0.05) is 0 Å². The molecule has 3 N–H and O–H groups in total. The lowest BCUT2D eigenvalue weighted by molar-refractivity contribution is -0.138. The van der Waals surface area contributed by atoms with Crippen molar-refractivity contribution < 1.29 is 17.6 Å². The zero-order chi connectivity index (χ0) is 14.0. The molecule has 0 aliphatic rings. The van der Waals surface area contributed by atoms with Gasteiger partial charge in [0.15, 0.2) is 0 Å². The van der Waals surface area contributed by atoms with Gasteiger partial charge in [-0.05, 0) is 25.1 Å². The summed E-state index contributed by atoms with van der Waals surface area (Å²) in [4.78, 5) is 3.72. The Hall–Kier alpha value is -1.86. The number of halogens is 3. The standard InChI is InChI=1S/C12H12F3N3O/c1-7-2-3-10(19-7)11(18-16)8-6-17-5-4-9(8)12(13,14)15/h2-6,11,18H,16H2,1H3. The van der Waals surface area contributed by atoms with Crippen LogP contribution >= 0.6 is 0 Å². The van der Waals surface area contributed by atoms with E-state index in [0.717, 1.165) is 18.5 Å². The Bertz CT molecular complexity index is 565. The number of aromatic nitrogens is 1. The second-order valence-corrected chi connectivity index (χ2v) is 4.01. The number of nitrogens with one attached hydrogen (secondary N) is 1. The van der Waals surface area contributed by atoms with E-state index in [1.54, 1.807) is 19.1 Å². The Balaban J connectivity index is 2.50. The number of aryl methyl sites for hydroxylation is 1. The molecule has 19 heavy (non-hydrogen) atoms. The van der Waals surface area contributed by atoms with E-state index in [9.17, 15) is 13.2 Å². The first-order valence-corrected chi connectivity index (χ1v) is 5.47. The monoisotopic (exact) mass is 271 g/mol. The van der Waals surface area contributed by atoms with E-state index in [0.29, 0.717) is 11.5 Å². The summed E-state index contributed by atoms with van der Waals surface area (Å²) in [5.74, 6) is 6.25. The van der Waals surface area contributed by atoms with Gasteiger partial charge in [0.25, 0.3) is 0 Å². The summed E-state index contributed by atoms with van der Waals surface area (Å²) in [5.41, 5.74) is 1.46. The lowest BCUT2D eigenvalue weighted by atomic mass is 10.0. The van der Waals surface area contributed by atoms with Crippen LogP contribution in [-0.4, -0.2) is 4.98 Å². The van der Waals surface area contributed by atoms with E-state index in [1.807, 2.05) is 0 Å². The molecule has 1 unspecified atom stereocenters. The first-order valence-electron chi connectivity index (χ1n) is 5.47. The van der Waals surface area contributed by atoms with Crippen LogP contribution in [0.5, 0.6) is 0 Å². The number of furan rings is 1. The second kappa shape index (κ2) is 5.02. The van der Waals surface area contributed by atoms with Gasteiger partial charge in [0.05, 0.1) is 5.56 Å². The normalized spacial score (nSPS) is 13.5. The van der Waals surface area contributed by atoms with E-state index >= 15 is 0 Å². The van der Waals surface area contributed by atoms with Crippen molar-refractivity contribution in [1.29, 1.82) is 0 Å². The van der Waals surface area contributed by atoms with Gasteiger partial charge in [-0.15, -0.1) is 0 Å². The van der Waals surface area contributed by atoms with Gasteiger partial charge in [0.2, 0.25) is 0 Å². The highest BCUT2D eigenvalue weighted by atomic mass is 19.4. The molecule has 0 bridgehead atoms. The summed E-state index contributed by atoms with van der Waals surface area (Å²) in [5, 5.41) is 0. The van der Waals surface area contributed by atoms with Crippen LogP contribution in [0.4, 0.5) is 13.2 Å². The largest absolute Gasteiger partial charge is 0.464 e. The molecular weight excluding hydrogens is 259 g/mol. The molecule has 0 aliphatic heterocycles. The van der Waals surface area contributed by atoms with Gasteiger partial charge in [-0.3, -0.25) is 10.8 Å². The summed E-state index contributed by atoms with van der Waals surface area (Å²) in [7, 11) is 0.